The molecule has 1 saturated heterocycles. The summed E-state index contributed by atoms with van der Waals surface area (Å²) in [7, 11) is 0. The summed E-state index contributed by atoms with van der Waals surface area (Å²) in [5.74, 6) is 0.996. The summed E-state index contributed by atoms with van der Waals surface area (Å²) in [5.41, 5.74) is 1.30. The molecule has 1 N–H and O–H groups in total. The quantitative estimate of drug-likeness (QED) is 0.853. The number of nitrogens with one attached hydrogen (secondary N) is 1. The molecule has 0 aliphatic carbocycles. The molecule has 0 amide bonds. The first-order valence-electron chi connectivity index (χ1n) is 7.50. The number of hydrogen-bond donors (Lipinski definition) is 1. The number of hydrogen-bond acceptors (Lipinski definition) is 4. The molecule has 2 rings (SSSR count). The first-order chi connectivity index (χ1) is 9.33. The van der Waals surface area contributed by atoms with Crippen LogP contribution in [0, 0.1) is 0 Å². The Morgan fingerprint density at radius 3 is 2.63 bits per heavy atom. The Morgan fingerprint density at radius 1 is 1.16 bits per heavy atom. The minimum Gasteiger partial charge on any atom is -0.370 e. The zero-order valence-corrected chi connectivity index (χ0v) is 12.2. The highest BCUT2D eigenvalue weighted by Gasteiger charge is 2.16. The van der Waals surface area contributed by atoms with Crippen LogP contribution in [0.1, 0.15) is 26.7 Å². The standard InChI is InChI=1S/C15H26N4/c1-3-6-16-15-13-14(5-7-17-15)19-11-9-18(8-4-2)10-12-19/h5,7,13H,3-4,6,8-12H2,1-2H3,(H,16,17). The van der Waals surface area contributed by atoms with Gasteiger partial charge in [-0.2, -0.15) is 0 Å². The Hall–Kier alpha value is -1.29. The van der Waals surface area contributed by atoms with Gasteiger partial charge in [0.15, 0.2) is 0 Å². The summed E-state index contributed by atoms with van der Waals surface area (Å²) in [6, 6.07) is 4.29. The fraction of sp³-hybridized carbons (Fsp3) is 0.667. The molecule has 0 atom stereocenters. The van der Waals surface area contributed by atoms with E-state index >= 15 is 0 Å². The Balaban J connectivity index is 1.91. The zero-order valence-electron chi connectivity index (χ0n) is 12.2. The third kappa shape index (κ3) is 4.10. The van der Waals surface area contributed by atoms with Gasteiger partial charge in [0.05, 0.1) is 0 Å². The fourth-order valence-corrected chi connectivity index (χ4v) is 2.51. The van der Waals surface area contributed by atoms with Gasteiger partial charge in [0, 0.05) is 50.7 Å². The Morgan fingerprint density at radius 2 is 1.95 bits per heavy atom. The molecule has 0 unspecified atom stereocenters. The normalized spacial score (nSPS) is 16.6. The van der Waals surface area contributed by atoms with Crippen LogP contribution in [-0.2, 0) is 0 Å². The second-order valence-corrected chi connectivity index (χ2v) is 5.15. The van der Waals surface area contributed by atoms with Crippen LogP contribution in [0.3, 0.4) is 0 Å². The van der Waals surface area contributed by atoms with Crippen LogP contribution in [0.15, 0.2) is 18.3 Å². The van der Waals surface area contributed by atoms with Crippen molar-refractivity contribution in [2.75, 3.05) is 49.5 Å². The highest BCUT2D eigenvalue weighted by molar-refractivity contribution is 5.54. The van der Waals surface area contributed by atoms with Gasteiger partial charge in [-0.15, -0.1) is 0 Å². The van der Waals surface area contributed by atoms with Crippen LogP contribution in [-0.4, -0.2) is 49.2 Å². The summed E-state index contributed by atoms with van der Waals surface area (Å²) in [5, 5.41) is 3.35. The van der Waals surface area contributed by atoms with Gasteiger partial charge in [-0.3, -0.25) is 4.90 Å². The summed E-state index contributed by atoms with van der Waals surface area (Å²) in [6.07, 6.45) is 4.29. The van der Waals surface area contributed by atoms with E-state index in [-0.39, 0.29) is 0 Å². The maximum Gasteiger partial charge on any atom is 0.127 e. The van der Waals surface area contributed by atoms with Crippen LogP contribution in [0.2, 0.25) is 0 Å². The van der Waals surface area contributed by atoms with Crippen molar-refractivity contribution in [2.45, 2.75) is 26.7 Å². The van der Waals surface area contributed by atoms with Crippen LogP contribution in [0.25, 0.3) is 0 Å². The average Bonchev–Trinajstić information content (AvgIpc) is 2.46. The minimum absolute atomic E-state index is 0.987. The molecule has 4 nitrogen and oxygen atoms in total. The van der Waals surface area contributed by atoms with Crippen LogP contribution in [0.5, 0.6) is 0 Å². The Kier molecular flexibility index (Phi) is 5.45. The van der Waals surface area contributed by atoms with Gasteiger partial charge in [-0.25, -0.2) is 4.98 Å². The van der Waals surface area contributed by atoms with Crippen molar-refractivity contribution >= 4 is 11.5 Å². The Labute approximate surface area is 116 Å². The second-order valence-electron chi connectivity index (χ2n) is 5.15. The lowest BCUT2D eigenvalue weighted by Crippen LogP contribution is -2.46. The van der Waals surface area contributed by atoms with E-state index < -0.39 is 0 Å². The number of nitrogens with zero attached hydrogens (tertiary/aromatic N) is 3. The van der Waals surface area contributed by atoms with E-state index in [0.29, 0.717) is 0 Å². The molecule has 0 spiro atoms. The van der Waals surface area contributed by atoms with Crippen molar-refractivity contribution in [3.8, 4) is 0 Å². The Bertz CT molecular complexity index is 372. The van der Waals surface area contributed by atoms with Crippen molar-refractivity contribution in [1.82, 2.24) is 9.88 Å². The molecule has 19 heavy (non-hydrogen) atoms. The molecular formula is C15H26N4. The highest BCUT2D eigenvalue weighted by atomic mass is 15.3. The number of anilines is 2. The van der Waals surface area contributed by atoms with E-state index in [9.17, 15) is 0 Å². The van der Waals surface area contributed by atoms with Crippen LogP contribution >= 0.6 is 0 Å². The summed E-state index contributed by atoms with van der Waals surface area (Å²) in [4.78, 5) is 9.38. The van der Waals surface area contributed by atoms with Gasteiger partial charge < -0.3 is 10.2 Å². The van der Waals surface area contributed by atoms with Crippen molar-refractivity contribution in [3.63, 3.8) is 0 Å². The monoisotopic (exact) mass is 262 g/mol. The van der Waals surface area contributed by atoms with Crippen LogP contribution in [0.4, 0.5) is 11.5 Å². The van der Waals surface area contributed by atoms with Crippen molar-refractivity contribution in [2.24, 2.45) is 0 Å². The third-order valence-electron chi connectivity index (χ3n) is 3.58. The number of rotatable bonds is 6. The van der Waals surface area contributed by atoms with E-state index in [1.807, 2.05) is 6.20 Å². The molecule has 0 aromatic carbocycles. The first-order valence-corrected chi connectivity index (χ1v) is 7.50. The molecule has 4 heteroatoms. The lowest BCUT2D eigenvalue weighted by atomic mass is 10.2. The highest BCUT2D eigenvalue weighted by Crippen LogP contribution is 2.19. The number of piperazine rings is 1. The van der Waals surface area contributed by atoms with Gasteiger partial charge in [-0.05, 0) is 25.5 Å². The molecule has 1 fully saturated rings. The van der Waals surface area contributed by atoms with Gasteiger partial charge in [0.2, 0.25) is 0 Å². The van der Waals surface area contributed by atoms with E-state index in [1.165, 1.54) is 31.7 Å². The maximum atomic E-state index is 4.37. The molecule has 1 aliphatic heterocycles. The predicted molar refractivity (Wildman–Crippen MR) is 82.0 cm³/mol. The van der Waals surface area contributed by atoms with Gasteiger partial charge in [0.1, 0.15) is 5.82 Å². The largest absolute Gasteiger partial charge is 0.370 e. The predicted octanol–water partition coefficient (Wildman–Crippen LogP) is 2.44. The second kappa shape index (κ2) is 7.34. The molecule has 1 aliphatic rings. The maximum absolute atomic E-state index is 4.37. The third-order valence-corrected chi connectivity index (χ3v) is 3.58. The smallest absolute Gasteiger partial charge is 0.127 e. The fourth-order valence-electron chi connectivity index (χ4n) is 2.51. The van der Waals surface area contributed by atoms with Gasteiger partial charge >= 0.3 is 0 Å². The topological polar surface area (TPSA) is 31.4 Å². The molecule has 0 radical (unpaired) electrons. The van der Waals surface area contributed by atoms with E-state index in [2.05, 4.69) is 46.1 Å². The van der Waals surface area contributed by atoms with Crippen molar-refractivity contribution < 1.29 is 0 Å². The SMILES string of the molecule is CCCNc1cc(N2CCN(CCC)CC2)ccn1. The number of pyridine rings is 1. The van der Waals surface area contributed by atoms with Gasteiger partial charge in [-0.1, -0.05) is 13.8 Å². The summed E-state index contributed by atoms with van der Waals surface area (Å²) < 4.78 is 0. The molecular weight excluding hydrogens is 236 g/mol. The van der Waals surface area contributed by atoms with E-state index in [0.717, 1.165) is 31.9 Å². The van der Waals surface area contributed by atoms with Crippen LogP contribution < -0.4 is 10.2 Å². The molecule has 0 saturated carbocycles. The lowest BCUT2D eigenvalue weighted by molar-refractivity contribution is 0.258. The van der Waals surface area contributed by atoms with E-state index in [4.69, 9.17) is 0 Å². The van der Waals surface area contributed by atoms with E-state index in [1.54, 1.807) is 0 Å². The number of aromatic nitrogens is 1. The minimum atomic E-state index is 0.987. The molecule has 1 aromatic rings. The molecule has 0 bridgehead atoms. The summed E-state index contributed by atoms with van der Waals surface area (Å²) >= 11 is 0. The van der Waals surface area contributed by atoms with Crippen molar-refractivity contribution in [1.29, 1.82) is 0 Å². The molecule has 1 aromatic heterocycles. The summed E-state index contributed by atoms with van der Waals surface area (Å²) in [6.45, 7) is 11.2. The van der Waals surface area contributed by atoms with Gasteiger partial charge in [0.25, 0.3) is 0 Å². The molecule has 2 heterocycles. The zero-order chi connectivity index (χ0) is 13.5. The van der Waals surface area contributed by atoms with Crippen molar-refractivity contribution in [3.05, 3.63) is 18.3 Å². The lowest BCUT2D eigenvalue weighted by Gasteiger charge is -2.36. The first kappa shape index (κ1) is 14.1. The molecule has 106 valence electrons. The average molecular weight is 262 g/mol.